The van der Waals surface area contributed by atoms with E-state index in [2.05, 4.69) is 28.2 Å². The molecule has 5 heteroatoms. The topological polar surface area (TPSA) is 34.4 Å². The first kappa shape index (κ1) is 16.0. The Kier molecular flexibility index (Phi) is 5.82. The minimum Gasteiger partial charge on any atom is -0.494 e. The second kappa shape index (κ2) is 7.61. The summed E-state index contributed by atoms with van der Waals surface area (Å²) in [6.07, 6.45) is 3.36. The van der Waals surface area contributed by atoms with Gasteiger partial charge in [-0.1, -0.05) is 13.0 Å². The lowest BCUT2D eigenvalue weighted by atomic mass is 10.0. The highest BCUT2D eigenvalue weighted by atomic mass is 79.9. The summed E-state index contributed by atoms with van der Waals surface area (Å²) in [5, 5.41) is 3.47. The third kappa shape index (κ3) is 4.08. The Balaban J connectivity index is 2.18. The minimum atomic E-state index is -0.337. The van der Waals surface area contributed by atoms with Crippen LogP contribution in [0.3, 0.4) is 0 Å². The molecule has 2 rings (SSSR count). The third-order valence-electron chi connectivity index (χ3n) is 3.32. The Morgan fingerprint density at radius 3 is 2.76 bits per heavy atom. The van der Waals surface area contributed by atoms with Gasteiger partial charge in [0, 0.05) is 11.6 Å². The van der Waals surface area contributed by atoms with Crippen LogP contribution in [-0.2, 0) is 6.42 Å². The van der Waals surface area contributed by atoms with Crippen molar-refractivity contribution in [2.75, 3.05) is 13.7 Å². The van der Waals surface area contributed by atoms with Crippen molar-refractivity contribution in [1.29, 1.82) is 0 Å². The maximum Gasteiger partial charge on any atom is 0.173 e. The molecule has 21 heavy (non-hydrogen) atoms. The van der Waals surface area contributed by atoms with Gasteiger partial charge in [-0.2, -0.15) is 0 Å². The van der Waals surface area contributed by atoms with Crippen LogP contribution in [0.5, 0.6) is 5.75 Å². The lowest BCUT2D eigenvalue weighted by Crippen LogP contribution is -2.24. The molecular formula is C16H19BrFNO2. The summed E-state index contributed by atoms with van der Waals surface area (Å²) in [5.74, 6) is -0.0724. The lowest BCUT2D eigenvalue weighted by Gasteiger charge is -2.18. The molecule has 0 radical (unpaired) electrons. The Morgan fingerprint density at radius 1 is 1.38 bits per heavy atom. The Hall–Kier alpha value is -1.33. The van der Waals surface area contributed by atoms with Crippen LogP contribution < -0.4 is 10.1 Å². The first-order chi connectivity index (χ1) is 10.2. The quantitative estimate of drug-likeness (QED) is 0.795. The highest BCUT2D eigenvalue weighted by Gasteiger charge is 2.17. The van der Waals surface area contributed by atoms with E-state index in [0.717, 1.165) is 24.1 Å². The number of methoxy groups -OCH3 is 1. The molecule has 2 aromatic rings. The molecule has 0 aliphatic carbocycles. The molecule has 0 spiro atoms. The summed E-state index contributed by atoms with van der Waals surface area (Å²) in [4.78, 5) is 0. The predicted octanol–water partition coefficient (Wildman–Crippen LogP) is 4.47. The van der Waals surface area contributed by atoms with E-state index >= 15 is 0 Å². The van der Waals surface area contributed by atoms with Crippen molar-refractivity contribution in [1.82, 2.24) is 5.32 Å². The maximum absolute atomic E-state index is 13.8. The van der Waals surface area contributed by atoms with Crippen molar-refractivity contribution in [3.05, 3.63) is 52.1 Å². The summed E-state index contributed by atoms with van der Waals surface area (Å²) in [6, 6.07) is 7.07. The maximum atomic E-state index is 13.8. The predicted molar refractivity (Wildman–Crippen MR) is 84.1 cm³/mol. The smallest absolute Gasteiger partial charge is 0.173 e. The first-order valence-electron chi connectivity index (χ1n) is 6.94. The molecule has 0 aliphatic heterocycles. The lowest BCUT2D eigenvalue weighted by molar-refractivity contribution is 0.386. The van der Waals surface area contributed by atoms with Gasteiger partial charge in [-0.3, -0.25) is 0 Å². The van der Waals surface area contributed by atoms with Gasteiger partial charge >= 0.3 is 0 Å². The SMILES string of the molecule is CCCNC(Cc1ccc(OC)c(F)c1)c1ccoc1Br. The number of hydrogen-bond donors (Lipinski definition) is 1. The van der Waals surface area contributed by atoms with Crippen molar-refractivity contribution in [3.63, 3.8) is 0 Å². The van der Waals surface area contributed by atoms with Crippen molar-refractivity contribution in [2.45, 2.75) is 25.8 Å². The van der Waals surface area contributed by atoms with Gasteiger partial charge in [-0.15, -0.1) is 0 Å². The molecule has 0 aliphatic rings. The minimum absolute atomic E-state index is 0.0749. The molecule has 1 N–H and O–H groups in total. The molecule has 0 bridgehead atoms. The molecule has 0 fully saturated rings. The van der Waals surface area contributed by atoms with Crippen LogP contribution in [0, 0.1) is 5.82 Å². The fraction of sp³-hybridized carbons (Fsp3) is 0.375. The molecule has 1 aromatic carbocycles. The van der Waals surface area contributed by atoms with E-state index in [1.54, 1.807) is 12.3 Å². The van der Waals surface area contributed by atoms with E-state index in [9.17, 15) is 4.39 Å². The molecule has 0 saturated carbocycles. The summed E-state index contributed by atoms with van der Waals surface area (Å²) >= 11 is 3.41. The van der Waals surface area contributed by atoms with Gasteiger partial charge in [0.25, 0.3) is 0 Å². The van der Waals surface area contributed by atoms with Gasteiger partial charge in [0.1, 0.15) is 0 Å². The number of benzene rings is 1. The Labute approximate surface area is 132 Å². The Bertz CT molecular complexity index is 585. The Morgan fingerprint density at radius 2 is 2.19 bits per heavy atom. The average molecular weight is 356 g/mol. The second-order valence-corrected chi connectivity index (χ2v) is 5.55. The number of hydrogen-bond acceptors (Lipinski definition) is 3. The van der Waals surface area contributed by atoms with Gasteiger partial charge in [0.15, 0.2) is 16.2 Å². The number of furan rings is 1. The van der Waals surface area contributed by atoms with E-state index in [4.69, 9.17) is 9.15 Å². The molecular weight excluding hydrogens is 337 g/mol. The van der Waals surface area contributed by atoms with Gasteiger partial charge in [-0.25, -0.2) is 4.39 Å². The monoisotopic (exact) mass is 355 g/mol. The van der Waals surface area contributed by atoms with E-state index in [-0.39, 0.29) is 17.6 Å². The summed E-state index contributed by atoms with van der Waals surface area (Å²) in [7, 11) is 1.46. The first-order valence-corrected chi connectivity index (χ1v) is 7.73. The molecule has 3 nitrogen and oxygen atoms in total. The number of rotatable bonds is 7. The van der Waals surface area contributed by atoms with Crippen LogP contribution in [0.1, 0.15) is 30.5 Å². The molecule has 0 amide bonds. The van der Waals surface area contributed by atoms with Gasteiger partial charge in [0.05, 0.1) is 13.4 Å². The zero-order chi connectivity index (χ0) is 15.2. The summed E-state index contributed by atoms with van der Waals surface area (Å²) < 4.78 is 24.8. The standard InChI is InChI=1S/C16H19BrFNO2/c1-3-7-19-14(12-6-8-21-16(12)17)10-11-4-5-15(20-2)13(18)9-11/h4-6,8-9,14,19H,3,7,10H2,1-2H3. The molecule has 1 aromatic heterocycles. The van der Waals surface area contributed by atoms with Crippen molar-refractivity contribution in [3.8, 4) is 5.75 Å². The second-order valence-electron chi connectivity index (χ2n) is 4.83. The van der Waals surface area contributed by atoms with Gasteiger partial charge in [0.2, 0.25) is 0 Å². The van der Waals surface area contributed by atoms with Crippen LogP contribution in [0.2, 0.25) is 0 Å². The number of ether oxygens (including phenoxy) is 1. The normalized spacial score (nSPS) is 12.4. The van der Waals surface area contributed by atoms with Crippen LogP contribution in [0.4, 0.5) is 4.39 Å². The van der Waals surface area contributed by atoms with Crippen LogP contribution in [-0.4, -0.2) is 13.7 Å². The molecule has 114 valence electrons. The zero-order valence-corrected chi connectivity index (χ0v) is 13.7. The highest BCUT2D eigenvalue weighted by molar-refractivity contribution is 9.10. The third-order valence-corrected chi connectivity index (χ3v) is 3.96. The van der Waals surface area contributed by atoms with Crippen molar-refractivity contribution in [2.24, 2.45) is 0 Å². The number of nitrogens with one attached hydrogen (secondary N) is 1. The average Bonchev–Trinajstić information content (AvgIpc) is 2.90. The highest BCUT2D eigenvalue weighted by Crippen LogP contribution is 2.28. The molecule has 1 unspecified atom stereocenters. The van der Waals surface area contributed by atoms with Crippen LogP contribution in [0.25, 0.3) is 0 Å². The molecule has 0 saturated heterocycles. The van der Waals surface area contributed by atoms with Crippen molar-refractivity contribution < 1.29 is 13.5 Å². The van der Waals surface area contributed by atoms with Gasteiger partial charge in [-0.05, 0) is 59.1 Å². The van der Waals surface area contributed by atoms with E-state index < -0.39 is 0 Å². The summed E-state index contributed by atoms with van der Waals surface area (Å²) in [5.41, 5.74) is 1.95. The fourth-order valence-corrected chi connectivity index (χ4v) is 2.75. The largest absolute Gasteiger partial charge is 0.494 e. The van der Waals surface area contributed by atoms with E-state index in [1.807, 2.05) is 12.1 Å². The van der Waals surface area contributed by atoms with Gasteiger partial charge < -0.3 is 14.5 Å². The summed E-state index contributed by atoms with van der Waals surface area (Å²) in [6.45, 7) is 3.00. The van der Waals surface area contributed by atoms with Crippen LogP contribution in [0.15, 0.2) is 39.6 Å². The van der Waals surface area contributed by atoms with Crippen molar-refractivity contribution >= 4 is 15.9 Å². The number of halogens is 2. The van der Waals surface area contributed by atoms with E-state index in [0.29, 0.717) is 11.1 Å². The molecule has 1 atom stereocenters. The zero-order valence-electron chi connectivity index (χ0n) is 12.2. The molecule has 1 heterocycles. The van der Waals surface area contributed by atoms with Crippen LogP contribution >= 0.6 is 15.9 Å². The van der Waals surface area contributed by atoms with E-state index in [1.165, 1.54) is 13.2 Å². The fourth-order valence-electron chi connectivity index (χ4n) is 2.24.